The van der Waals surface area contributed by atoms with Crippen molar-refractivity contribution in [2.24, 2.45) is 0 Å². The van der Waals surface area contributed by atoms with Crippen LogP contribution in [-0.2, 0) is 74.6 Å². The molecule has 0 spiro atoms. The molecule has 0 radical (unpaired) electrons. The van der Waals surface area contributed by atoms with Gasteiger partial charge in [-0.2, -0.15) is 0 Å². The fourth-order valence-electron chi connectivity index (χ4n) is 8.53. The minimum Gasteiger partial charge on any atom is -0.487 e. The first kappa shape index (κ1) is 45.5. The summed E-state index contributed by atoms with van der Waals surface area (Å²) in [5.41, 5.74) is 14.2. The van der Waals surface area contributed by atoms with Crippen LogP contribution in [0.2, 0.25) is 0 Å². The van der Waals surface area contributed by atoms with Crippen molar-refractivity contribution in [2.45, 2.75) is 156 Å². The molecule has 7 rings (SSSR count). The Morgan fingerprint density at radius 2 is 0.603 bits per heavy atom. The lowest BCUT2D eigenvalue weighted by molar-refractivity contribution is 0.291. The summed E-state index contributed by atoms with van der Waals surface area (Å²) in [4.78, 5) is 13.9. The molecule has 0 fully saturated rings. The Hall–Kier alpha value is -5.49. The number of hydrogen-bond acceptors (Lipinski definition) is 6. The predicted molar refractivity (Wildman–Crippen MR) is 257 cm³/mol. The Labute approximate surface area is 377 Å². The van der Waals surface area contributed by atoms with Crippen LogP contribution < -0.4 is 14.2 Å². The standard InChI is InChI=1S/C57H69N3O3/c1-55(2,3)46-31-40-19-16-21-42-33-47(56(4,5)6)35-44(53(42)62-38-50-26-11-14-29-59-50)23-18-24-45-36-48(57(7,8)9)34-43(54(45)63-39-51-27-12-15-30-60-51)22-17-20-41(32-46)52(40)61-37-49-25-10-13-28-58-49/h10-15,25-36H,16-24,37-39H2,1-9H3. The normalized spacial score (nSPS) is 14.0. The SMILES string of the molecule is CC(C)(C)c1cc2c(OCc3ccccn3)c(c1)CCCc1cc(C(C)(C)C)cc(c1OCc1ccccn1)CCCc1cc(C(C)(C)C)cc(c1OCc1ccccn1)CCC2. The van der Waals surface area contributed by atoms with Gasteiger partial charge in [0, 0.05) is 18.6 Å². The summed E-state index contributed by atoms with van der Waals surface area (Å²) in [5, 5.41) is 0. The zero-order chi connectivity index (χ0) is 44.6. The number of pyridine rings is 3. The van der Waals surface area contributed by atoms with Gasteiger partial charge in [-0.05, 0) is 161 Å². The van der Waals surface area contributed by atoms with Crippen molar-refractivity contribution in [1.82, 2.24) is 15.0 Å². The van der Waals surface area contributed by atoms with Crippen molar-refractivity contribution >= 4 is 0 Å². The fourth-order valence-corrected chi connectivity index (χ4v) is 8.53. The zero-order valence-electron chi connectivity index (χ0n) is 39.4. The van der Waals surface area contributed by atoms with Crippen LogP contribution >= 0.6 is 0 Å². The van der Waals surface area contributed by atoms with Crippen molar-refractivity contribution in [1.29, 1.82) is 0 Å². The van der Waals surface area contributed by atoms with Crippen LogP contribution in [0.5, 0.6) is 17.2 Å². The number of rotatable bonds is 9. The fraction of sp³-hybridized carbons (Fsp3) is 0.421. The van der Waals surface area contributed by atoms with Gasteiger partial charge in [-0.15, -0.1) is 0 Å². The number of fused-ring (bicyclic) bond motifs is 6. The molecule has 0 aliphatic heterocycles. The van der Waals surface area contributed by atoms with Gasteiger partial charge in [0.15, 0.2) is 0 Å². The number of benzene rings is 3. The molecule has 0 unspecified atom stereocenters. The highest BCUT2D eigenvalue weighted by Crippen LogP contribution is 2.39. The summed E-state index contributed by atoms with van der Waals surface area (Å²) in [7, 11) is 0. The molecule has 1 aliphatic rings. The van der Waals surface area contributed by atoms with Gasteiger partial charge < -0.3 is 14.2 Å². The Kier molecular flexibility index (Phi) is 14.4. The van der Waals surface area contributed by atoms with Crippen LogP contribution in [0.15, 0.2) is 110 Å². The van der Waals surface area contributed by atoms with E-state index >= 15 is 0 Å². The lowest BCUT2D eigenvalue weighted by Crippen LogP contribution is -2.15. The molecule has 6 nitrogen and oxygen atoms in total. The van der Waals surface area contributed by atoms with E-state index in [0.717, 1.165) is 92.1 Å². The second-order valence-electron chi connectivity index (χ2n) is 20.5. The second kappa shape index (κ2) is 19.9. The number of hydrogen-bond donors (Lipinski definition) is 0. The maximum absolute atomic E-state index is 6.92. The first-order chi connectivity index (χ1) is 30.1. The number of aryl methyl sites for hydroxylation is 6. The van der Waals surface area contributed by atoms with Gasteiger partial charge in [0.05, 0.1) is 17.1 Å². The van der Waals surface area contributed by atoms with E-state index in [2.05, 4.69) is 114 Å². The van der Waals surface area contributed by atoms with Gasteiger partial charge in [0.25, 0.3) is 0 Å². The van der Waals surface area contributed by atoms with Crippen molar-refractivity contribution in [3.63, 3.8) is 0 Å². The van der Waals surface area contributed by atoms with E-state index < -0.39 is 0 Å². The number of nitrogens with zero attached hydrogens (tertiary/aromatic N) is 3. The first-order valence-electron chi connectivity index (χ1n) is 23.2. The van der Waals surface area contributed by atoms with Gasteiger partial charge >= 0.3 is 0 Å². The maximum atomic E-state index is 6.92. The Morgan fingerprint density at radius 3 is 0.794 bits per heavy atom. The molecule has 3 aromatic heterocycles. The molecule has 330 valence electrons. The molecule has 0 saturated carbocycles. The lowest BCUT2D eigenvalue weighted by Gasteiger charge is -2.26. The molecule has 3 heterocycles. The third-order valence-electron chi connectivity index (χ3n) is 12.3. The molecular weight excluding hydrogens is 775 g/mol. The minimum atomic E-state index is -0.0368. The highest BCUT2D eigenvalue weighted by molar-refractivity contribution is 5.51. The number of ether oxygens (including phenoxy) is 3. The molecule has 0 amide bonds. The van der Waals surface area contributed by atoms with E-state index in [0.29, 0.717) is 19.8 Å². The molecular formula is C57H69N3O3. The zero-order valence-corrected chi connectivity index (χ0v) is 39.4. The van der Waals surface area contributed by atoms with Crippen LogP contribution in [0.25, 0.3) is 0 Å². The Balaban J connectivity index is 1.38. The molecule has 6 heteroatoms. The van der Waals surface area contributed by atoms with Crippen molar-refractivity contribution < 1.29 is 14.2 Å². The first-order valence-corrected chi connectivity index (χ1v) is 23.2. The van der Waals surface area contributed by atoms with E-state index in [4.69, 9.17) is 14.2 Å². The second-order valence-corrected chi connectivity index (χ2v) is 20.5. The molecule has 6 bridgehead atoms. The average Bonchev–Trinajstić information content (AvgIpc) is 3.24. The third-order valence-corrected chi connectivity index (χ3v) is 12.3. The summed E-state index contributed by atoms with van der Waals surface area (Å²) in [6, 6.07) is 32.6. The van der Waals surface area contributed by atoms with Crippen LogP contribution in [0.1, 0.15) is 149 Å². The largest absolute Gasteiger partial charge is 0.487 e. The van der Waals surface area contributed by atoms with E-state index in [9.17, 15) is 0 Å². The lowest BCUT2D eigenvalue weighted by atomic mass is 9.81. The van der Waals surface area contributed by atoms with E-state index in [-0.39, 0.29) is 16.2 Å². The Morgan fingerprint density at radius 1 is 0.365 bits per heavy atom. The predicted octanol–water partition coefficient (Wildman–Crippen LogP) is 13.3. The smallest absolute Gasteiger partial charge is 0.130 e. The highest BCUT2D eigenvalue weighted by Gasteiger charge is 2.25. The summed E-state index contributed by atoms with van der Waals surface area (Å²) >= 11 is 0. The number of aromatic nitrogens is 3. The van der Waals surface area contributed by atoms with Gasteiger partial charge in [-0.1, -0.05) is 117 Å². The average molecular weight is 844 g/mol. The molecule has 1 aliphatic carbocycles. The van der Waals surface area contributed by atoms with Crippen LogP contribution in [0, 0.1) is 0 Å². The summed E-state index contributed by atoms with van der Waals surface area (Å²) in [5.74, 6) is 3.00. The Bertz CT molecular complexity index is 2080. The van der Waals surface area contributed by atoms with Gasteiger partial charge in [-0.3, -0.25) is 15.0 Å². The van der Waals surface area contributed by atoms with Crippen molar-refractivity contribution in [3.05, 3.63) is 177 Å². The van der Waals surface area contributed by atoms with E-state index in [1.165, 1.54) is 50.1 Å². The minimum absolute atomic E-state index is 0.0368. The van der Waals surface area contributed by atoms with Gasteiger partial charge in [0.2, 0.25) is 0 Å². The monoisotopic (exact) mass is 844 g/mol. The molecule has 0 atom stereocenters. The topological polar surface area (TPSA) is 66.4 Å². The molecule has 3 aromatic carbocycles. The van der Waals surface area contributed by atoms with Crippen LogP contribution in [-0.4, -0.2) is 15.0 Å². The molecule has 6 aromatic rings. The third kappa shape index (κ3) is 12.2. The summed E-state index contributed by atoms with van der Waals surface area (Å²) < 4.78 is 20.8. The summed E-state index contributed by atoms with van der Waals surface area (Å²) in [6.07, 6.45) is 13.7. The van der Waals surface area contributed by atoms with Gasteiger partial charge in [0.1, 0.15) is 37.1 Å². The summed E-state index contributed by atoms with van der Waals surface area (Å²) in [6.45, 7) is 22.1. The quantitative estimate of drug-likeness (QED) is 0.144. The maximum Gasteiger partial charge on any atom is 0.130 e. The molecule has 0 N–H and O–H groups in total. The van der Waals surface area contributed by atoms with Crippen LogP contribution in [0.3, 0.4) is 0 Å². The van der Waals surface area contributed by atoms with E-state index in [1.807, 2.05) is 73.2 Å². The molecule has 63 heavy (non-hydrogen) atoms. The van der Waals surface area contributed by atoms with Crippen molar-refractivity contribution in [2.75, 3.05) is 0 Å². The van der Waals surface area contributed by atoms with Crippen molar-refractivity contribution in [3.8, 4) is 17.2 Å². The highest BCUT2D eigenvalue weighted by atomic mass is 16.5. The molecule has 0 saturated heterocycles. The van der Waals surface area contributed by atoms with E-state index in [1.54, 1.807) is 0 Å². The van der Waals surface area contributed by atoms with Gasteiger partial charge in [-0.25, -0.2) is 0 Å². The van der Waals surface area contributed by atoms with Crippen LogP contribution in [0.4, 0.5) is 0 Å².